The average Bonchev–Trinajstić information content (AvgIpc) is 3.12. The molecule has 7 rings (SSSR count). The standard InChI is InChI=1S/C45H64N2O6.Na.H/c1-40(2)34-17-20-45(7)35(43(34,5)19-18-36(40)53-38(50)16-15-37(48)49)14-13-30-31-29-42(4,22-21-41(31,3)23-24-44(30,45)6)39(51)47-27-25-46(26-28-47)32-11-9-10-12-33(32)52-8;;/h9-13,15-16,31,34-36H,14,17-29H2,1-8H3,(H,48,49);;/q;+1;-1/b16-15+;;/t31-,34-,35+,36-,41+,42-,43-,44+,45+;;/m0../s1. The van der Waals surface area contributed by atoms with Crippen LogP contribution in [0.3, 0.4) is 0 Å². The number of hydrogen-bond acceptors (Lipinski definition) is 6. The number of rotatable bonds is 6. The van der Waals surface area contributed by atoms with Crippen LogP contribution >= 0.6 is 0 Å². The summed E-state index contributed by atoms with van der Waals surface area (Å²) in [6.07, 6.45) is 14.9. The summed E-state index contributed by atoms with van der Waals surface area (Å²) in [4.78, 5) is 42.7. The van der Waals surface area contributed by atoms with Gasteiger partial charge in [-0.2, -0.15) is 0 Å². The van der Waals surface area contributed by atoms with Crippen molar-refractivity contribution in [2.45, 2.75) is 119 Å². The number of carbonyl (C=O) groups is 3. The van der Waals surface area contributed by atoms with E-state index in [2.05, 4.69) is 76.5 Å². The molecule has 0 aromatic heterocycles. The van der Waals surface area contributed by atoms with Crippen molar-refractivity contribution in [2.75, 3.05) is 38.2 Å². The normalized spacial score (nSPS) is 39.8. The number of aliphatic carboxylic acids is 1. The summed E-state index contributed by atoms with van der Waals surface area (Å²) in [6.45, 7) is 20.2. The first-order valence-electron chi connectivity index (χ1n) is 20.4. The van der Waals surface area contributed by atoms with E-state index in [1.807, 2.05) is 12.1 Å². The smallest absolute Gasteiger partial charge is 1.00 e. The Morgan fingerprint density at radius 2 is 1.54 bits per heavy atom. The number of ether oxygens (including phenoxy) is 2. The Kier molecular flexibility index (Phi) is 11.2. The van der Waals surface area contributed by atoms with Crippen molar-refractivity contribution < 1.29 is 59.9 Å². The number of methoxy groups -OCH3 is 1. The second-order valence-corrected chi connectivity index (χ2v) is 19.7. The van der Waals surface area contributed by atoms with Gasteiger partial charge in [0.25, 0.3) is 0 Å². The first-order chi connectivity index (χ1) is 24.9. The zero-order chi connectivity index (χ0) is 38.2. The van der Waals surface area contributed by atoms with E-state index in [1.165, 1.54) is 12.8 Å². The number of esters is 1. The van der Waals surface area contributed by atoms with E-state index in [-0.39, 0.29) is 69.6 Å². The second kappa shape index (κ2) is 14.6. The molecular formula is C45H65N2NaO6. The zero-order valence-electron chi connectivity index (χ0n) is 35.6. The molecule has 1 heterocycles. The fourth-order valence-corrected chi connectivity index (χ4v) is 13.5. The minimum absolute atomic E-state index is 0. The van der Waals surface area contributed by atoms with Crippen LogP contribution in [0.15, 0.2) is 48.1 Å². The van der Waals surface area contributed by atoms with Crippen molar-refractivity contribution in [2.24, 2.45) is 50.2 Å². The quantitative estimate of drug-likeness (QED) is 0.170. The summed E-state index contributed by atoms with van der Waals surface area (Å²) in [7, 11) is 1.72. The number of para-hydroxylation sites is 2. The fraction of sp³-hybridized carbons (Fsp3) is 0.711. The number of carbonyl (C=O) groups excluding carboxylic acids is 2. The van der Waals surface area contributed by atoms with Gasteiger partial charge in [0.2, 0.25) is 5.91 Å². The van der Waals surface area contributed by atoms with Gasteiger partial charge in [-0.05, 0) is 116 Å². The first kappa shape index (κ1) is 41.3. The largest absolute Gasteiger partial charge is 1.00 e. The Hall–Kier alpha value is -2.29. The number of hydrogen-bond donors (Lipinski definition) is 1. The number of nitrogens with zero attached hydrogens (tertiary/aromatic N) is 2. The third-order valence-corrected chi connectivity index (χ3v) is 16.9. The molecular weight excluding hydrogens is 687 g/mol. The third-order valence-electron chi connectivity index (χ3n) is 16.9. The summed E-state index contributed by atoms with van der Waals surface area (Å²) < 4.78 is 11.6. The molecule has 5 aliphatic carbocycles. The number of allylic oxidation sites excluding steroid dienone is 2. The summed E-state index contributed by atoms with van der Waals surface area (Å²) in [5.41, 5.74) is 2.71. The molecule has 9 heteroatoms. The molecule has 0 spiro atoms. The zero-order valence-corrected chi connectivity index (χ0v) is 36.6. The Morgan fingerprint density at radius 1 is 0.852 bits per heavy atom. The molecule has 1 N–H and O–H groups in total. The van der Waals surface area contributed by atoms with Crippen molar-refractivity contribution in [3.05, 3.63) is 48.1 Å². The Labute approximate surface area is 347 Å². The van der Waals surface area contributed by atoms with Crippen molar-refractivity contribution in [1.29, 1.82) is 0 Å². The van der Waals surface area contributed by atoms with E-state index in [0.29, 0.717) is 23.7 Å². The SMILES string of the molecule is COc1ccccc1N1CCN(C(=O)[C@@]2(C)CC[C@]3(C)CC[C@]4(C)C(=CC[C@@H]5[C@@]6(C)CC[C@H](OC(=O)/C=C/C(=O)O)C(C)(C)[C@@H]6CC[C@]54C)[C@@H]3C2)CC1.[H-].[Na+]. The predicted molar refractivity (Wildman–Crippen MR) is 209 cm³/mol. The molecule has 1 amide bonds. The maximum absolute atomic E-state index is 14.6. The minimum Gasteiger partial charge on any atom is -1.00 e. The van der Waals surface area contributed by atoms with Crippen LogP contribution in [0.2, 0.25) is 0 Å². The number of benzene rings is 1. The van der Waals surface area contributed by atoms with Crippen molar-refractivity contribution >= 4 is 23.5 Å². The monoisotopic (exact) mass is 752 g/mol. The van der Waals surface area contributed by atoms with Crippen LogP contribution in [0.5, 0.6) is 5.75 Å². The third kappa shape index (κ3) is 6.50. The van der Waals surface area contributed by atoms with Gasteiger partial charge >= 0.3 is 41.5 Å². The fourth-order valence-electron chi connectivity index (χ4n) is 13.5. The van der Waals surface area contributed by atoms with E-state index < -0.39 is 11.9 Å². The number of carboxylic acids is 1. The number of anilines is 1. The molecule has 5 fully saturated rings. The minimum atomic E-state index is -1.14. The molecule has 1 aromatic carbocycles. The molecule has 9 atom stereocenters. The van der Waals surface area contributed by atoms with Gasteiger partial charge in [-0.15, -0.1) is 0 Å². The molecule has 0 radical (unpaired) electrons. The topological polar surface area (TPSA) is 96.4 Å². The van der Waals surface area contributed by atoms with Crippen molar-refractivity contribution in [3.63, 3.8) is 0 Å². The Morgan fingerprint density at radius 3 is 2.22 bits per heavy atom. The Balaban J connectivity index is 0.00000290. The van der Waals surface area contributed by atoms with E-state index >= 15 is 0 Å². The van der Waals surface area contributed by atoms with Gasteiger partial charge in [0, 0.05) is 49.2 Å². The van der Waals surface area contributed by atoms with Crippen LogP contribution in [0.25, 0.3) is 0 Å². The summed E-state index contributed by atoms with van der Waals surface area (Å²) in [5, 5.41) is 9.01. The Bertz CT molecular complexity index is 1710. The van der Waals surface area contributed by atoms with Gasteiger partial charge in [0.05, 0.1) is 12.8 Å². The summed E-state index contributed by atoms with van der Waals surface area (Å²) >= 11 is 0. The van der Waals surface area contributed by atoms with Crippen LogP contribution in [-0.4, -0.2) is 67.2 Å². The van der Waals surface area contributed by atoms with E-state index in [9.17, 15) is 14.4 Å². The van der Waals surface area contributed by atoms with Crippen LogP contribution in [0.4, 0.5) is 5.69 Å². The molecule has 8 nitrogen and oxygen atoms in total. The van der Waals surface area contributed by atoms with Gasteiger partial charge in [0.15, 0.2) is 0 Å². The van der Waals surface area contributed by atoms with Crippen molar-refractivity contribution in [3.8, 4) is 5.75 Å². The maximum atomic E-state index is 14.6. The van der Waals surface area contributed by atoms with Gasteiger partial charge in [0.1, 0.15) is 11.9 Å². The summed E-state index contributed by atoms with van der Waals surface area (Å²) in [5.74, 6) is 0.848. The number of piperazine rings is 1. The molecule has 54 heavy (non-hydrogen) atoms. The molecule has 0 bridgehead atoms. The average molecular weight is 753 g/mol. The van der Waals surface area contributed by atoms with Crippen LogP contribution in [0, 0.1) is 50.2 Å². The van der Waals surface area contributed by atoms with E-state index in [1.54, 1.807) is 12.7 Å². The molecule has 6 aliphatic rings. The molecule has 292 valence electrons. The van der Waals surface area contributed by atoms with Crippen LogP contribution < -0.4 is 39.2 Å². The van der Waals surface area contributed by atoms with Crippen LogP contribution in [-0.2, 0) is 19.1 Å². The molecule has 1 aromatic rings. The first-order valence-corrected chi connectivity index (χ1v) is 20.4. The van der Waals surface area contributed by atoms with Gasteiger partial charge in [-0.1, -0.05) is 72.2 Å². The van der Waals surface area contributed by atoms with Crippen LogP contribution in [0.1, 0.15) is 114 Å². The molecule has 4 saturated carbocycles. The summed E-state index contributed by atoms with van der Waals surface area (Å²) in [6, 6.07) is 8.18. The molecule has 1 saturated heterocycles. The molecule has 1 aliphatic heterocycles. The number of carboxylic acid groups (broad SMARTS) is 1. The second-order valence-electron chi connectivity index (χ2n) is 19.7. The van der Waals surface area contributed by atoms with E-state index in [0.717, 1.165) is 101 Å². The van der Waals surface area contributed by atoms with Gasteiger partial charge in [-0.25, -0.2) is 9.59 Å². The van der Waals surface area contributed by atoms with E-state index in [4.69, 9.17) is 14.6 Å². The maximum Gasteiger partial charge on any atom is 1.00 e. The predicted octanol–water partition coefficient (Wildman–Crippen LogP) is 5.81. The van der Waals surface area contributed by atoms with Crippen molar-refractivity contribution in [1.82, 2.24) is 4.90 Å². The van der Waals surface area contributed by atoms with Gasteiger partial charge in [-0.3, -0.25) is 4.79 Å². The molecule has 0 unspecified atom stereocenters. The van der Waals surface area contributed by atoms with Gasteiger partial charge < -0.3 is 25.8 Å². The number of fused-ring (bicyclic) bond motifs is 7. The number of amides is 1.